The molecule has 1 aromatic carbocycles. The first-order chi connectivity index (χ1) is 15.2. The minimum atomic E-state index is 0.461. The highest BCUT2D eigenvalue weighted by atomic mass is 32.2. The Balaban J connectivity index is 1.52. The maximum Gasteiger partial charge on any atom is 0.237 e. The lowest BCUT2D eigenvalue weighted by Gasteiger charge is -2.08. The number of hydrogen-bond donors (Lipinski definition) is 0. The van der Waals surface area contributed by atoms with Crippen LogP contribution in [0, 0.1) is 0 Å². The fourth-order valence-corrected chi connectivity index (χ4v) is 3.87. The number of ether oxygens (including phenoxy) is 2. The van der Waals surface area contributed by atoms with E-state index in [1.54, 1.807) is 32.7 Å². The lowest BCUT2D eigenvalue weighted by molar-refractivity contribution is 0.388. The van der Waals surface area contributed by atoms with Crippen molar-refractivity contribution in [1.82, 2.24) is 29.9 Å². The van der Waals surface area contributed by atoms with Crippen molar-refractivity contribution >= 4 is 11.8 Å². The van der Waals surface area contributed by atoms with E-state index in [-0.39, 0.29) is 0 Å². The van der Waals surface area contributed by atoms with Crippen molar-refractivity contribution in [3.8, 4) is 34.3 Å². The molecule has 0 saturated carbocycles. The Hall–Kier alpha value is -3.40. The van der Waals surface area contributed by atoms with E-state index in [0.29, 0.717) is 29.0 Å². The van der Waals surface area contributed by atoms with Crippen molar-refractivity contribution in [2.75, 3.05) is 14.2 Å². The topological polar surface area (TPSA) is 101 Å². The summed E-state index contributed by atoms with van der Waals surface area (Å²) in [5, 5.41) is 13.7. The smallest absolute Gasteiger partial charge is 0.237 e. The van der Waals surface area contributed by atoms with E-state index < -0.39 is 0 Å². The Morgan fingerprint density at radius 1 is 1.06 bits per heavy atom. The molecule has 10 heteroatoms. The van der Waals surface area contributed by atoms with Gasteiger partial charge in [0.15, 0.2) is 11.0 Å². The second-order valence-electron chi connectivity index (χ2n) is 6.56. The zero-order valence-electron chi connectivity index (χ0n) is 17.5. The van der Waals surface area contributed by atoms with Crippen LogP contribution in [0.5, 0.6) is 11.5 Å². The Kier molecular flexibility index (Phi) is 6.46. The number of pyridine rings is 1. The normalized spacial score (nSPS) is 10.9. The molecule has 0 unspecified atom stereocenters. The predicted octanol–water partition coefficient (Wildman–Crippen LogP) is 4.11. The molecule has 0 aliphatic heterocycles. The van der Waals surface area contributed by atoms with Crippen LogP contribution in [0.1, 0.15) is 19.2 Å². The SMILES string of the molecule is CCCn1c(SCc2nc(-c3ccc(OC)cc3OC)no2)nnc1-c1ccncc1. The summed E-state index contributed by atoms with van der Waals surface area (Å²) in [6.45, 7) is 2.93. The van der Waals surface area contributed by atoms with E-state index in [2.05, 4.69) is 36.8 Å². The van der Waals surface area contributed by atoms with Gasteiger partial charge in [-0.2, -0.15) is 4.98 Å². The van der Waals surface area contributed by atoms with Gasteiger partial charge in [-0.3, -0.25) is 4.98 Å². The molecule has 0 bridgehead atoms. The highest BCUT2D eigenvalue weighted by Crippen LogP contribution is 2.32. The van der Waals surface area contributed by atoms with Gasteiger partial charge in [-0.25, -0.2) is 0 Å². The molecule has 0 spiro atoms. The average Bonchev–Trinajstić information content (AvgIpc) is 3.45. The third-order valence-corrected chi connectivity index (χ3v) is 5.50. The lowest BCUT2D eigenvalue weighted by Crippen LogP contribution is -2.02. The quantitative estimate of drug-likeness (QED) is 0.357. The average molecular weight is 439 g/mol. The Morgan fingerprint density at radius 2 is 1.90 bits per heavy atom. The maximum absolute atomic E-state index is 5.45. The van der Waals surface area contributed by atoms with Crippen molar-refractivity contribution in [2.24, 2.45) is 0 Å². The Labute approximate surface area is 183 Å². The van der Waals surface area contributed by atoms with E-state index in [9.17, 15) is 0 Å². The molecular weight excluding hydrogens is 416 g/mol. The van der Waals surface area contributed by atoms with Gasteiger partial charge in [-0.1, -0.05) is 23.8 Å². The van der Waals surface area contributed by atoms with Crippen LogP contribution in [-0.4, -0.2) is 44.1 Å². The number of aromatic nitrogens is 6. The van der Waals surface area contributed by atoms with Crippen LogP contribution in [0.15, 0.2) is 52.4 Å². The molecule has 0 atom stereocenters. The number of benzene rings is 1. The molecule has 3 heterocycles. The van der Waals surface area contributed by atoms with Crippen LogP contribution in [0.25, 0.3) is 22.8 Å². The summed E-state index contributed by atoms with van der Waals surface area (Å²) in [5.74, 6) is 3.56. The van der Waals surface area contributed by atoms with Gasteiger partial charge >= 0.3 is 0 Å². The summed E-state index contributed by atoms with van der Waals surface area (Å²) in [7, 11) is 3.20. The molecule has 31 heavy (non-hydrogen) atoms. The van der Waals surface area contributed by atoms with Gasteiger partial charge in [0.05, 0.1) is 25.5 Å². The molecule has 4 rings (SSSR count). The van der Waals surface area contributed by atoms with E-state index in [1.165, 1.54) is 11.8 Å². The minimum Gasteiger partial charge on any atom is -0.497 e. The maximum atomic E-state index is 5.45. The molecule has 0 aliphatic carbocycles. The number of hydrogen-bond acceptors (Lipinski definition) is 9. The van der Waals surface area contributed by atoms with Gasteiger partial charge in [0.1, 0.15) is 11.5 Å². The monoisotopic (exact) mass is 438 g/mol. The molecule has 0 fully saturated rings. The number of nitrogens with zero attached hydrogens (tertiary/aromatic N) is 6. The standard InChI is InChI=1S/C21H22N6O3S/c1-4-11-27-20(14-7-9-22-10-8-14)24-25-21(27)31-13-18-23-19(26-30-18)16-6-5-15(28-2)12-17(16)29-3/h5-10,12H,4,11,13H2,1-3H3. The van der Waals surface area contributed by atoms with Gasteiger partial charge in [0, 0.05) is 30.6 Å². The molecule has 0 N–H and O–H groups in total. The summed E-state index contributed by atoms with van der Waals surface area (Å²) in [5.41, 5.74) is 1.71. The molecule has 160 valence electrons. The van der Waals surface area contributed by atoms with Crippen molar-refractivity contribution in [2.45, 2.75) is 30.8 Å². The van der Waals surface area contributed by atoms with E-state index >= 15 is 0 Å². The fraction of sp³-hybridized carbons (Fsp3) is 0.286. The number of thioether (sulfide) groups is 1. The summed E-state index contributed by atoms with van der Waals surface area (Å²) in [6.07, 6.45) is 4.46. The van der Waals surface area contributed by atoms with Gasteiger partial charge in [0.25, 0.3) is 0 Å². The predicted molar refractivity (Wildman–Crippen MR) is 116 cm³/mol. The highest BCUT2D eigenvalue weighted by Gasteiger charge is 2.17. The first kappa shape index (κ1) is 20.9. The number of methoxy groups -OCH3 is 2. The molecular formula is C21H22N6O3S. The van der Waals surface area contributed by atoms with Crippen LogP contribution in [0.3, 0.4) is 0 Å². The van der Waals surface area contributed by atoms with Gasteiger partial charge in [-0.05, 0) is 30.7 Å². The van der Waals surface area contributed by atoms with E-state index in [1.807, 2.05) is 24.3 Å². The summed E-state index contributed by atoms with van der Waals surface area (Å²) >= 11 is 1.51. The summed E-state index contributed by atoms with van der Waals surface area (Å²) in [4.78, 5) is 8.59. The van der Waals surface area contributed by atoms with Crippen LogP contribution in [-0.2, 0) is 12.3 Å². The van der Waals surface area contributed by atoms with Crippen LogP contribution in [0.2, 0.25) is 0 Å². The molecule has 0 radical (unpaired) electrons. The summed E-state index contributed by atoms with van der Waals surface area (Å²) < 4.78 is 18.2. The third kappa shape index (κ3) is 4.53. The van der Waals surface area contributed by atoms with E-state index in [0.717, 1.165) is 35.1 Å². The Bertz CT molecular complexity index is 1150. The fourth-order valence-electron chi connectivity index (χ4n) is 3.07. The summed E-state index contributed by atoms with van der Waals surface area (Å²) in [6, 6.07) is 9.32. The molecule has 3 aromatic heterocycles. The molecule has 0 aliphatic rings. The number of rotatable bonds is 9. The van der Waals surface area contributed by atoms with Crippen LogP contribution < -0.4 is 9.47 Å². The van der Waals surface area contributed by atoms with Gasteiger partial charge in [0.2, 0.25) is 11.7 Å². The molecule has 9 nitrogen and oxygen atoms in total. The largest absolute Gasteiger partial charge is 0.497 e. The highest BCUT2D eigenvalue weighted by molar-refractivity contribution is 7.98. The van der Waals surface area contributed by atoms with Crippen molar-refractivity contribution < 1.29 is 14.0 Å². The second-order valence-corrected chi connectivity index (χ2v) is 7.50. The zero-order chi connectivity index (χ0) is 21.6. The minimum absolute atomic E-state index is 0.461. The van der Waals surface area contributed by atoms with Gasteiger partial charge in [-0.15, -0.1) is 10.2 Å². The zero-order valence-corrected chi connectivity index (χ0v) is 18.3. The lowest BCUT2D eigenvalue weighted by atomic mass is 10.2. The Morgan fingerprint density at radius 3 is 2.65 bits per heavy atom. The van der Waals surface area contributed by atoms with Crippen molar-refractivity contribution in [1.29, 1.82) is 0 Å². The molecule has 4 aromatic rings. The molecule has 0 saturated heterocycles. The van der Waals surface area contributed by atoms with Crippen LogP contribution >= 0.6 is 11.8 Å². The van der Waals surface area contributed by atoms with E-state index in [4.69, 9.17) is 14.0 Å². The first-order valence-electron chi connectivity index (χ1n) is 9.74. The first-order valence-corrected chi connectivity index (χ1v) is 10.7. The van der Waals surface area contributed by atoms with Crippen LogP contribution in [0.4, 0.5) is 0 Å². The van der Waals surface area contributed by atoms with Crippen molar-refractivity contribution in [3.63, 3.8) is 0 Å². The van der Waals surface area contributed by atoms with Crippen molar-refractivity contribution in [3.05, 3.63) is 48.6 Å². The third-order valence-electron chi connectivity index (χ3n) is 4.55. The second kappa shape index (κ2) is 9.61. The molecule has 0 amide bonds. The van der Waals surface area contributed by atoms with Gasteiger partial charge < -0.3 is 18.6 Å².